The van der Waals surface area contributed by atoms with Gasteiger partial charge >= 0.3 is 6.18 Å². The summed E-state index contributed by atoms with van der Waals surface area (Å²) in [7, 11) is -4.14. The summed E-state index contributed by atoms with van der Waals surface area (Å²) in [6, 6.07) is 8.34. The van der Waals surface area contributed by atoms with Crippen LogP contribution in [0.5, 0.6) is 0 Å². The number of nitrogens with two attached hydrogens (primary N) is 1. The molecule has 0 radical (unpaired) electrons. The Kier molecular flexibility index (Phi) is 6.64. The molecule has 0 unspecified atom stereocenters. The number of halogens is 3. The fraction of sp³-hybridized carbons (Fsp3) is 0.304. The molecule has 1 aliphatic carbocycles. The lowest BCUT2D eigenvalue weighted by molar-refractivity contribution is -0.384. The lowest BCUT2D eigenvalue weighted by Gasteiger charge is -2.32. The number of Topliss-reactive ketones (excluding diaryl/α,β-unsaturated/α-hetero) is 1. The van der Waals surface area contributed by atoms with E-state index in [1.165, 1.54) is 25.1 Å². The lowest BCUT2D eigenvalue weighted by Crippen LogP contribution is -2.36. The molecule has 2 aromatic rings. The van der Waals surface area contributed by atoms with Crippen molar-refractivity contribution >= 4 is 32.7 Å². The number of aryl methyl sites for hydroxylation is 1. The first-order valence-electron chi connectivity index (χ1n) is 10.3. The number of benzene rings is 2. The highest BCUT2D eigenvalue weighted by atomic mass is 32.2. The normalized spacial score (nSPS) is 19.0. The number of hydrogen-bond acceptors (Lipinski definition) is 7. The van der Waals surface area contributed by atoms with Gasteiger partial charge in [0.15, 0.2) is 5.78 Å². The molecule has 2 aromatic carbocycles. The molecule has 8 nitrogen and oxygen atoms in total. The zero-order chi connectivity index (χ0) is 26.3. The van der Waals surface area contributed by atoms with Crippen molar-refractivity contribution in [2.24, 2.45) is 16.1 Å². The number of carbonyl (C=O) groups is 1. The highest BCUT2D eigenvalue weighted by Crippen LogP contribution is 2.39. The maximum absolute atomic E-state index is 13.3. The fourth-order valence-electron chi connectivity index (χ4n) is 3.81. The van der Waals surface area contributed by atoms with Gasteiger partial charge in [0, 0.05) is 18.6 Å². The van der Waals surface area contributed by atoms with Gasteiger partial charge in [-0.05, 0) is 48.6 Å². The molecule has 0 atom stereocenters. The van der Waals surface area contributed by atoms with Crippen LogP contribution in [0.25, 0.3) is 0 Å². The van der Waals surface area contributed by atoms with Crippen molar-refractivity contribution in [3.8, 4) is 0 Å². The van der Waals surface area contributed by atoms with Gasteiger partial charge in [0.05, 0.1) is 31.7 Å². The molecule has 2 N–H and O–H groups in total. The SMILES string of the molecule is Cc1ccc(N=C2CC(C)(C)CC(=O)C2=C(N)C(F)(F)F)cc1S(=O)(=O)c1ccc([N+](=O)[O-])cc1. The molecule has 1 saturated carbocycles. The van der Waals surface area contributed by atoms with Crippen LogP contribution in [0.15, 0.2) is 68.5 Å². The molecule has 0 heterocycles. The van der Waals surface area contributed by atoms with Crippen molar-refractivity contribution in [3.05, 3.63) is 69.4 Å². The highest BCUT2D eigenvalue weighted by Gasteiger charge is 2.42. The average Bonchev–Trinajstić information content (AvgIpc) is 2.73. The van der Waals surface area contributed by atoms with E-state index >= 15 is 0 Å². The lowest BCUT2D eigenvalue weighted by atomic mass is 9.73. The van der Waals surface area contributed by atoms with Crippen LogP contribution in [0, 0.1) is 22.5 Å². The Hall–Kier alpha value is -3.54. The van der Waals surface area contributed by atoms with Crippen LogP contribution in [-0.4, -0.2) is 31.0 Å². The van der Waals surface area contributed by atoms with Gasteiger partial charge in [0.25, 0.3) is 5.69 Å². The number of rotatable bonds is 4. The Bertz CT molecular complexity index is 1380. The maximum atomic E-state index is 13.3. The van der Waals surface area contributed by atoms with Crippen LogP contribution in [0.2, 0.25) is 0 Å². The minimum Gasteiger partial charge on any atom is -0.394 e. The first-order chi connectivity index (χ1) is 16.0. The van der Waals surface area contributed by atoms with Gasteiger partial charge in [-0.1, -0.05) is 19.9 Å². The molecule has 186 valence electrons. The molecule has 0 amide bonds. The number of aliphatic imine (C=N–C) groups is 1. The van der Waals surface area contributed by atoms with Crippen LogP contribution >= 0.6 is 0 Å². The van der Waals surface area contributed by atoms with E-state index in [-0.39, 0.29) is 39.7 Å². The average molecular weight is 510 g/mol. The molecular formula is C23H22F3N3O5S. The Balaban J connectivity index is 2.15. The molecule has 35 heavy (non-hydrogen) atoms. The molecule has 0 saturated heterocycles. The largest absolute Gasteiger partial charge is 0.431 e. The number of nitro benzene ring substituents is 1. The summed E-state index contributed by atoms with van der Waals surface area (Å²) in [5, 5.41) is 10.9. The van der Waals surface area contributed by atoms with Gasteiger partial charge in [-0.25, -0.2) is 8.42 Å². The van der Waals surface area contributed by atoms with Crippen LogP contribution < -0.4 is 5.73 Å². The minimum absolute atomic E-state index is 0.0170. The predicted octanol–water partition coefficient (Wildman–Crippen LogP) is 4.97. The van der Waals surface area contributed by atoms with E-state index in [1.54, 1.807) is 13.8 Å². The van der Waals surface area contributed by atoms with E-state index in [2.05, 4.69) is 4.99 Å². The zero-order valence-electron chi connectivity index (χ0n) is 19.0. The second-order valence-corrected chi connectivity index (χ2v) is 10.9. The summed E-state index contributed by atoms with van der Waals surface area (Å²) >= 11 is 0. The Morgan fingerprint density at radius 1 is 1.11 bits per heavy atom. The third-order valence-corrected chi connectivity index (χ3v) is 7.42. The summed E-state index contributed by atoms with van der Waals surface area (Å²) < 4.78 is 66.4. The molecule has 1 aliphatic rings. The van der Waals surface area contributed by atoms with Crippen molar-refractivity contribution in [1.82, 2.24) is 0 Å². The molecule has 12 heteroatoms. The molecule has 0 aliphatic heterocycles. The van der Waals surface area contributed by atoms with Crippen molar-refractivity contribution in [2.75, 3.05) is 0 Å². The number of non-ortho nitro benzene ring substituents is 1. The van der Waals surface area contributed by atoms with Crippen molar-refractivity contribution in [3.63, 3.8) is 0 Å². The van der Waals surface area contributed by atoms with Crippen LogP contribution in [0.1, 0.15) is 32.3 Å². The molecule has 0 spiro atoms. The molecule has 0 bridgehead atoms. The van der Waals surface area contributed by atoms with Gasteiger partial charge in [-0.3, -0.25) is 19.9 Å². The van der Waals surface area contributed by atoms with Gasteiger partial charge in [0.1, 0.15) is 5.70 Å². The molecule has 0 aromatic heterocycles. The summed E-state index contributed by atoms with van der Waals surface area (Å²) in [4.78, 5) is 26.6. The Labute approximate surface area is 199 Å². The van der Waals surface area contributed by atoms with Crippen molar-refractivity contribution < 1.29 is 31.3 Å². The smallest absolute Gasteiger partial charge is 0.394 e. The second-order valence-electron chi connectivity index (χ2n) is 8.99. The molecule has 3 rings (SSSR count). The summed E-state index contributed by atoms with van der Waals surface area (Å²) in [5.41, 5.74) is 2.25. The summed E-state index contributed by atoms with van der Waals surface area (Å²) in [6.45, 7) is 4.94. The topological polar surface area (TPSA) is 133 Å². The standard InChI is InChI=1S/C23H22F3N3O5S/c1-13-4-5-14(10-19(13)35(33,34)16-8-6-15(7-9-16)29(31)32)28-17-11-22(2,3)12-18(30)20(17)21(27)23(24,25)26/h4-10H,11-12,27H2,1-3H3. The molecule has 1 fully saturated rings. The second kappa shape index (κ2) is 8.91. The van der Waals surface area contributed by atoms with Gasteiger partial charge in [0.2, 0.25) is 9.84 Å². The Morgan fingerprint density at radius 3 is 2.26 bits per heavy atom. The minimum atomic E-state index is -4.94. The predicted molar refractivity (Wildman–Crippen MR) is 122 cm³/mol. The van der Waals surface area contributed by atoms with Crippen molar-refractivity contribution in [2.45, 2.75) is 49.6 Å². The van der Waals surface area contributed by atoms with E-state index in [0.717, 1.165) is 24.3 Å². The van der Waals surface area contributed by atoms with E-state index < -0.39 is 43.4 Å². The number of sulfone groups is 1. The number of hydrogen-bond donors (Lipinski definition) is 1. The number of carbonyl (C=O) groups excluding carboxylic acids is 1. The van der Waals surface area contributed by atoms with Gasteiger partial charge in [-0.2, -0.15) is 13.2 Å². The number of nitro groups is 1. The summed E-state index contributed by atoms with van der Waals surface area (Å²) in [5.74, 6) is -0.791. The number of ketones is 1. The number of nitrogens with zero attached hydrogens (tertiary/aromatic N) is 2. The van der Waals surface area contributed by atoms with E-state index in [1.807, 2.05) is 0 Å². The highest BCUT2D eigenvalue weighted by molar-refractivity contribution is 7.91. The molecular weight excluding hydrogens is 487 g/mol. The first-order valence-corrected chi connectivity index (χ1v) is 11.8. The third kappa shape index (κ3) is 5.42. The van der Waals surface area contributed by atoms with Gasteiger partial charge < -0.3 is 5.73 Å². The van der Waals surface area contributed by atoms with E-state index in [4.69, 9.17) is 5.73 Å². The number of allylic oxidation sites excluding steroid dienone is 2. The third-order valence-electron chi connectivity index (χ3n) is 5.51. The quantitative estimate of drug-likeness (QED) is 0.351. The van der Waals surface area contributed by atoms with Crippen LogP contribution in [0.3, 0.4) is 0 Å². The maximum Gasteiger partial charge on any atom is 0.431 e. The first kappa shape index (κ1) is 26.1. The zero-order valence-corrected chi connectivity index (χ0v) is 19.8. The van der Waals surface area contributed by atoms with E-state index in [0.29, 0.717) is 5.56 Å². The number of alkyl halides is 3. The van der Waals surface area contributed by atoms with Gasteiger partial charge in [-0.15, -0.1) is 0 Å². The van der Waals surface area contributed by atoms with Crippen LogP contribution in [-0.2, 0) is 14.6 Å². The monoisotopic (exact) mass is 509 g/mol. The van der Waals surface area contributed by atoms with E-state index in [9.17, 15) is 36.5 Å². The summed E-state index contributed by atoms with van der Waals surface area (Å²) in [6.07, 6.45) is -5.07. The van der Waals surface area contributed by atoms with Crippen LogP contribution in [0.4, 0.5) is 24.5 Å². The Morgan fingerprint density at radius 2 is 1.71 bits per heavy atom. The van der Waals surface area contributed by atoms with Crippen molar-refractivity contribution in [1.29, 1.82) is 0 Å². The fourth-order valence-corrected chi connectivity index (χ4v) is 5.32.